The van der Waals surface area contributed by atoms with Crippen LogP contribution in [-0.2, 0) is 4.79 Å². The van der Waals surface area contributed by atoms with Crippen molar-refractivity contribution < 1.29 is 9.53 Å². The minimum atomic E-state index is -1.00. The monoisotopic (exact) mass is 479 g/mol. The summed E-state index contributed by atoms with van der Waals surface area (Å²) in [6, 6.07) is 12.9. The number of thiocarbonyl (C=S) groups is 1. The Hall–Kier alpha value is -1.83. The molecule has 1 N–H and O–H groups in total. The molecule has 0 radical (unpaired) electrons. The fourth-order valence-electron chi connectivity index (χ4n) is 4.01. The van der Waals surface area contributed by atoms with Crippen LogP contribution in [0.4, 0.5) is 5.69 Å². The topological polar surface area (TPSA) is 44.8 Å². The molecular weight excluding hydrogens is 462 g/mol. The first kappa shape index (κ1) is 19.5. The molecule has 2 aliphatic rings. The number of carbonyl (C=O) groups excluding carboxylic acids is 1. The van der Waals surface area contributed by atoms with E-state index in [2.05, 4.69) is 21.2 Å². The zero-order valence-corrected chi connectivity index (χ0v) is 18.7. The van der Waals surface area contributed by atoms with Gasteiger partial charge in [0, 0.05) is 34.8 Å². The first-order valence-corrected chi connectivity index (χ1v) is 10.4. The Bertz CT molecular complexity index is 986. The van der Waals surface area contributed by atoms with E-state index in [-0.39, 0.29) is 11.9 Å². The minimum absolute atomic E-state index is 0.0480. The summed E-state index contributed by atoms with van der Waals surface area (Å²) < 4.78 is 7.40. The Morgan fingerprint density at radius 2 is 2.07 bits per heavy atom. The van der Waals surface area contributed by atoms with Crippen molar-refractivity contribution in [3.05, 3.63) is 57.5 Å². The van der Waals surface area contributed by atoms with Gasteiger partial charge in [-0.1, -0.05) is 33.6 Å². The molecule has 0 aliphatic carbocycles. The van der Waals surface area contributed by atoms with Gasteiger partial charge in [0.1, 0.15) is 11.7 Å². The highest BCUT2D eigenvalue weighted by Crippen LogP contribution is 2.50. The molecule has 8 heteroatoms. The average molecular weight is 481 g/mol. The van der Waals surface area contributed by atoms with Crippen LogP contribution in [0.25, 0.3) is 0 Å². The van der Waals surface area contributed by atoms with Gasteiger partial charge in [0.15, 0.2) is 10.8 Å². The molecule has 0 saturated carbocycles. The van der Waals surface area contributed by atoms with E-state index in [0.29, 0.717) is 15.9 Å². The number of hydrogen-bond acceptors (Lipinski definition) is 3. The van der Waals surface area contributed by atoms with Gasteiger partial charge in [0.05, 0.1) is 6.04 Å². The van der Waals surface area contributed by atoms with Crippen LogP contribution >= 0.6 is 39.7 Å². The molecule has 0 aromatic heterocycles. The van der Waals surface area contributed by atoms with E-state index in [1.54, 1.807) is 25.1 Å². The van der Waals surface area contributed by atoms with Gasteiger partial charge in [-0.2, -0.15) is 0 Å². The fraction of sp³-hybridized carbons (Fsp3) is 0.300. The summed E-state index contributed by atoms with van der Waals surface area (Å²) in [5.41, 5.74) is 0.666. The number of rotatable bonds is 2. The summed E-state index contributed by atoms with van der Waals surface area (Å²) in [6.45, 7) is 1.91. The van der Waals surface area contributed by atoms with Crippen molar-refractivity contribution in [1.29, 1.82) is 0 Å². The van der Waals surface area contributed by atoms with E-state index in [9.17, 15) is 4.79 Å². The number of halogens is 2. The molecular formula is C20H19BrClN3O2S. The summed E-state index contributed by atoms with van der Waals surface area (Å²) in [6.07, 6.45) is 0. The first-order chi connectivity index (χ1) is 13.2. The predicted molar refractivity (Wildman–Crippen MR) is 118 cm³/mol. The lowest BCUT2D eigenvalue weighted by molar-refractivity contribution is -0.144. The molecule has 2 aromatic carbocycles. The van der Waals surface area contributed by atoms with Crippen molar-refractivity contribution >= 4 is 56.5 Å². The number of amides is 1. The summed E-state index contributed by atoms with van der Waals surface area (Å²) in [7, 11) is 3.49. The third-order valence-corrected chi connectivity index (χ3v) is 6.26. The molecule has 5 nitrogen and oxygen atoms in total. The molecule has 2 bridgehead atoms. The van der Waals surface area contributed by atoms with Crippen LogP contribution in [0.2, 0.25) is 5.02 Å². The molecule has 28 heavy (non-hydrogen) atoms. The highest BCUT2D eigenvalue weighted by molar-refractivity contribution is 9.10. The molecule has 1 saturated heterocycles. The van der Waals surface area contributed by atoms with E-state index in [4.69, 9.17) is 28.6 Å². The molecule has 3 atom stereocenters. The van der Waals surface area contributed by atoms with Gasteiger partial charge in [-0.25, -0.2) is 0 Å². The molecule has 2 aliphatic heterocycles. The van der Waals surface area contributed by atoms with Crippen LogP contribution in [0.1, 0.15) is 18.5 Å². The van der Waals surface area contributed by atoms with E-state index >= 15 is 0 Å². The molecule has 1 amide bonds. The van der Waals surface area contributed by atoms with Crippen molar-refractivity contribution in [2.24, 2.45) is 5.92 Å². The molecule has 0 unspecified atom stereocenters. The highest BCUT2D eigenvalue weighted by atomic mass is 79.9. The SMILES string of the molecule is CN(C)C(=O)[C@H]1[C@H]2NC(=S)N(c3cccc(Br)c3)[C@@]1(C)Oc1ccc(Cl)cc12. The third-order valence-electron chi connectivity index (χ3n) is 5.23. The number of carbonyl (C=O) groups is 1. The predicted octanol–water partition coefficient (Wildman–Crippen LogP) is 4.35. The second-order valence-corrected chi connectivity index (χ2v) is 9.03. The van der Waals surface area contributed by atoms with Crippen LogP contribution in [0.5, 0.6) is 5.75 Å². The van der Waals surface area contributed by atoms with Gasteiger partial charge in [0.2, 0.25) is 5.91 Å². The zero-order valence-electron chi connectivity index (χ0n) is 15.6. The number of fused-ring (bicyclic) bond motifs is 4. The summed E-state index contributed by atoms with van der Waals surface area (Å²) in [5.74, 6) is 0.113. The summed E-state index contributed by atoms with van der Waals surface area (Å²) in [5, 5.41) is 4.45. The quantitative estimate of drug-likeness (QED) is 0.648. The van der Waals surface area contributed by atoms with Gasteiger partial charge in [-0.3, -0.25) is 9.69 Å². The Kier molecular flexibility index (Phi) is 4.80. The van der Waals surface area contributed by atoms with Gasteiger partial charge in [-0.05, 0) is 55.5 Å². The van der Waals surface area contributed by atoms with Gasteiger partial charge in [0.25, 0.3) is 0 Å². The lowest BCUT2D eigenvalue weighted by Crippen LogP contribution is -2.72. The van der Waals surface area contributed by atoms with Crippen LogP contribution in [-0.4, -0.2) is 35.7 Å². The smallest absolute Gasteiger partial charge is 0.233 e. The van der Waals surface area contributed by atoms with Crippen molar-refractivity contribution in [2.75, 3.05) is 19.0 Å². The Labute approximate surface area is 182 Å². The van der Waals surface area contributed by atoms with Crippen molar-refractivity contribution in [3.63, 3.8) is 0 Å². The Morgan fingerprint density at radius 3 is 2.75 bits per heavy atom. The van der Waals surface area contributed by atoms with E-state index < -0.39 is 11.6 Å². The molecule has 4 rings (SSSR count). The first-order valence-electron chi connectivity index (χ1n) is 8.78. The summed E-state index contributed by atoms with van der Waals surface area (Å²) in [4.78, 5) is 16.7. The maximum atomic E-state index is 13.3. The second-order valence-electron chi connectivity index (χ2n) is 7.29. The average Bonchev–Trinajstić information content (AvgIpc) is 2.61. The molecule has 2 aromatic rings. The maximum absolute atomic E-state index is 13.3. The van der Waals surface area contributed by atoms with E-state index in [0.717, 1.165) is 15.7 Å². The van der Waals surface area contributed by atoms with Crippen LogP contribution < -0.4 is 15.0 Å². The second kappa shape index (κ2) is 6.90. The van der Waals surface area contributed by atoms with Gasteiger partial charge >= 0.3 is 0 Å². The third kappa shape index (κ3) is 2.96. The van der Waals surface area contributed by atoms with Crippen LogP contribution in [0.3, 0.4) is 0 Å². The van der Waals surface area contributed by atoms with Crippen LogP contribution in [0, 0.1) is 5.92 Å². The number of nitrogens with one attached hydrogen (secondary N) is 1. The van der Waals surface area contributed by atoms with Gasteiger partial charge in [-0.15, -0.1) is 0 Å². The van der Waals surface area contributed by atoms with Crippen molar-refractivity contribution in [2.45, 2.75) is 18.7 Å². The normalized spacial score (nSPS) is 25.5. The summed E-state index contributed by atoms with van der Waals surface area (Å²) >= 11 is 15.5. The van der Waals surface area contributed by atoms with E-state index in [1.807, 2.05) is 48.2 Å². The van der Waals surface area contributed by atoms with Crippen molar-refractivity contribution in [1.82, 2.24) is 10.2 Å². The highest BCUT2D eigenvalue weighted by Gasteiger charge is 2.59. The Balaban J connectivity index is 1.93. The number of benzene rings is 2. The number of nitrogens with zero attached hydrogens (tertiary/aromatic N) is 2. The molecule has 0 spiro atoms. The number of hydrogen-bond donors (Lipinski definition) is 1. The lowest BCUT2D eigenvalue weighted by Gasteiger charge is -2.56. The fourth-order valence-corrected chi connectivity index (χ4v) is 5.00. The van der Waals surface area contributed by atoms with Crippen LogP contribution in [0.15, 0.2) is 46.9 Å². The standard InChI is InChI=1S/C20H19BrClN3O2S/c1-20-16(18(26)24(2)3)17(14-10-12(22)7-8-15(14)27-20)23-19(28)25(20)13-6-4-5-11(21)9-13/h4-10,16-17H,1-3H3,(H,23,28)/t16-,17+,20+/m1/s1. The largest absolute Gasteiger partial charge is 0.467 e. The Morgan fingerprint density at radius 1 is 1.32 bits per heavy atom. The van der Waals surface area contributed by atoms with Crippen molar-refractivity contribution in [3.8, 4) is 5.75 Å². The maximum Gasteiger partial charge on any atom is 0.233 e. The number of anilines is 1. The number of ether oxygens (including phenoxy) is 1. The van der Waals surface area contributed by atoms with E-state index in [1.165, 1.54) is 0 Å². The van der Waals surface area contributed by atoms with Gasteiger partial charge < -0.3 is 15.0 Å². The molecule has 2 heterocycles. The lowest BCUT2D eigenvalue weighted by atomic mass is 9.78. The zero-order chi connectivity index (χ0) is 20.2. The minimum Gasteiger partial charge on any atom is -0.467 e. The molecule has 1 fully saturated rings. The molecule has 146 valence electrons.